The molecule has 0 heterocycles. The Kier molecular flexibility index (Phi) is 5.80. The molecule has 0 saturated carbocycles. The molecule has 2 rings (SSSR count). The van der Waals surface area contributed by atoms with Crippen molar-refractivity contribution in [3.63, 3.8) is 0 Å². The molecule has 16 heavy (non-hydrogen) atoms. The van der Waals surface area contributed by atoms with Gasteiger partial charge in [-0.25, -0.2) is 0 Å². The second-order valence-electron chi connectivity index (χ2n) is 4.11. The van der Waals surface area contributed by atoms with Crippen molar-refractivity contribution in [1.29, 1.82) is 0 Å². The Morgan fingerprint density at radius 1 is 0.875 bits per heavy atom. The van der Waals surface area contributed by atoms with E-state index in [4.69, 9.17) is 0 Å². The van der Waals surface area contributed by atoms with Gasteiger partial charge in [0.05, 0.1) is 0 Å². The van der Waals surface area contributed by atoms with Crippen LogP contribution in [0.4, 0.5) is 0 Å². The van der Waals surface area contributed by atoms with Crippen LogP contribution in [-0.4, -0.2) is 23.5 Å². The van der Waals surface area contributed by atoms with Crippen LogP contribution in [-0.2, 0) is 16.5 Å². The van der Waals surface area contributed by atoms with Crippen molar-refractivity contribution in [3.8, 4) is 0 Å². The second kappa shape index (κ2) is 6.88. The molecule has 0 atom stereocenters. The van der Waals surface area contributed by atoms with Gasteiger partial charge >= 0.3 is 0 Å². The third kappa shape index (κ3) is 3.20. The van der Waals surface area contributed by atoms with Crippen LogP contribution < -0.4 is 0 Å². The number of unbranched alkanes of at least 4 members (excludes halogenated alkanes) is 1. The average molecular weight is 260 g/mol. The SMILES string of the molecule is CCCCN(C1C=CC=C1)C1C=CC=C1.[Ni]. The number of hydrogen-bond donors (Lipinski definition) is 0. The summed E-state index contributed by atoms with van der Waals surface area (Å²) < 4.78 is 0. The van der Waals surface area contributed by atoms with Crippen molar-refractivity contribution >= 4 is 0 Å². The van der Waals surface area contributed by atoms with Crippen molar-refractivity contribution in [3.05, 3.63) is 48.6 Å². The second-order valence-corrected chi connectivity index (χ2v) is 4.11. The van der Waals surface area contributed by atoms with E-state index in [-0.39, 0.29) is 16.5 Å². The zero-order chi connectivity index (χ0) is 10.5. The molecule has 2 heteroatoms. The van der Waals surface area contributed by atoms with Crippen molar-refractivity contribution in [1.82, 2.24) is 4.90 Å². The fourth-order valence-corrected chi connectivity index (χ4v) is 2.12. The molecule has 0 aromatic carbocycles. The monoisotopic (exact) mass is 259 g/mol. The van der Waals surface area contributed by atoms with Crippen molar-refractivity contribution in [2.45, 2.75) is 31.8 Å². The van der Waals surface area contributed by atoms with Crippen molar-refractivity contribution < 1.29 is 16.5 Å². The molecule has 0 N–H and O–H groups in total. The van der Waals surface area contributed by atoms with Gasteiger partial charge in [-0.15, -0.1) is 0 Å². The molecule has 90 valence electrons. The predicted molar refractivity (Wildman–Crippen MR) is 65.8 cm³/mol. The summed E-state index contributed by atoms with van der Waals surface area (Å²) >= 11 is 0. The molecule has 0 fully saturated rings. The first kappa shape index (κ1) is 13.5. The molecule has 0 unspecified atom stereocenters. The maximum Gasteiger partial charge on any atom is 0.0476 e. The Balaban J connectivity index is 0.00000128. The van der Waals surface area contributed by atoms with E-state index in [1.165, 1.54) is 19.4 Å². The summed E-state index contributed by atoms with van der Waals surface area (Å²) in [4.78, 5) is 2.55. The largest absolute Gasteiger partial charge is 0.284 e. The fourth-order valence-electron chi connectivity index (χ4n) is 2.12. The summed E-state index contributed by atoms with van der Waals surface area (Å²) in [5.74, 6) is 0. The predicted octanol–water partition coefficient (Wildman–Crippen LogP) is 3.08. The summed E-state index contributed by atoms with van der Waals surface area (Å²) in [6.07, 6.45) is 20.2. The summed E-state index contributed by atoms with van der Waals surface area (Å²) in [7, 11) is 0. The molecule has 2 aliphatic rings. The van der Waals surface area contributed by atoms with Gasteiger partial charge in [-0.2, -0.15) is 0 Å². The molecule has 0 spiro atoms. The van der Waals surface area contributed by atoms with Crippen LogP contribution in [0, 0.1) is 0 Å². The zero-order valence-electron chi connectivity index (χ0n) is 9.66. The number of allylic oxidation sites excluding steroid dienone is 4. The first-order valence-electron chi connectivity index (χ1n) is 5.87. The molecule has 1 nitrogen and oxygen atoms in total. The summed E-state index contributed by atoms with van der Waals surface area (Å²) in [6.45, 7) is 3.42. The molecule has 0 aliphatic heterocycles. The quantitative estimate of drug-likeness (QED) is 0.686. The van der Waals surface area contributed by atoms with E-state index in [0.717, 1.165) is 0 Å². The van der Waals surface area contributed by atoms with Gasteiger partial charge in [-0.3, -0.25) is 4.90 Å². The Hall–Kier alpha value is -0.586. The van der Waals surface area contributed by atoms with Crippen LogP contribution in [0.3, 0.4) is 0 Å². The molecule has 0 radical (unpaired) electrons. The van der Waals surface area contributed by atoms with E-state index in [1.54, 1.807) is 0 Å². The van der Waals surface area contributed by atoms with Gasteiger partial charge in [-0.1, -0.05) is 62.0 Å². The van der Waals surface area contributed by atoms with E-state index in [1.807, 2.05) is 0 Å². The van der Waals surface area contributed by atoms with Gasteiger partial charge in [0.15, 0.2) is 0 Å². The zero-order valence-corrected chi connectivity index (χ0v) is 10.6. The minimum Gasteiger partial charge on any atom is -0.284 e. The molecular weight excluding hydrogens is 241 g/mol. The average Bonchev–Trinajstić information content (AvgIpc) is 2.90. The summed E-state index contributed by atoms with van der Waals surface area (Å²) in [5.41, 5.74) is 0. The first-order chi connectivity index (χ1) is 7.42. The van der Waals surface area contributed by atoms with Gasteiger partial charge in [-0.05, 0) is 13.0 Å². The number of rotatable bonds is 5. The number of nitrogens with zero attached hydrogens (tertiary/aromatic N) is 1. The smallest absolute Gasteiger partial charge is 0.0476 e. The van der Waals surface area contributed by atoms with Crippen LogP contribution in [0.5, 0.6) is 0 Å². The molecular formula is C14H19NNi. The Bertz CT molecular complexity index is 263. The standard InChI is InChI=1S/C14H19N.Ni/c1-2-3-12-15(13-8-4-5-9-13)14-10-6-7-11-14;/h4-11,13-14H,2-3,12H2,1H3;. The topological polar surface area (TPSA) is 3.24 Å². The minimum atomic E-state index is 0. The third-order valence-electron chi connectivity index (χ3n) is 2.99. The van der Waals surface area contributed by atoms with Crippen LogP contribution in [0.15, 0.2) is 48.6 Å². The van der Waals surface area contributed by atoms with Gasteiger partial charge in [0.25, 0.3) is 0 Å². The normalized spacial score (nSPS) is 18.9. The van der Waals surface area contributed by atoms with E-state index in [0.29, 0.717) is 12.1 Å². The van der Waals surface area contributed by atoms with E-state index < -0.39 is 0 Å². The van der Waals surface area contributed by atoms with Gasteiger partial charge in [0, 0.05) is 28.6 Å². The maximum atomic E-state index is 2.55. The Labute approximate surface area is 109 Å². The van der Waals surface area contributed by atoms with Gasteiger partial charge < -0.3 is 0 Å². The third-order valence-corrected chi connectivity index (χ3v) is 2.99. The molecule has 0 saturated heterocycles. The van der Waals surface area contributed by atoms with Crippen LogP contribution in [0.25, 0.3) is 0 Å². The van der Waals surface area contributed by atoms with Crippen LogP contribution >= 0.6 is 0 Å². The summed E-state index contributed by atoms with van der Waals surface area (Å²) in [5, 5.41) is 0. The minimum absolute atomic E-state index is 0. The maximum absolute atomic E-state index is 2.55. The van der Waals surface area contributed by atoms with Crippen LogP contribution in [0.1, 0.15) is 19.8 Å². The van der Waals surface area contributed by atoms with Gasteiger partial charge in [0.2, 0.25) is 0 Å². The van der Waals surface area contributed by atoms with E-state index in [9.17, 15) is 0 Å². The Morgan fingerprint density at radius 3 is 1.69 bits per heavy atom. The molecule has 2 aliphatic carbocycles. The molecule has 0 amide bonds. The van der Waals surface area contributed by atoms with E-state index in [2.05, 4.69) is 60.4 Å². The fraction of sp³-hybridized carbons (Fsp3) is 0.429. The Morgan fingerprint density at radius 2 is 1.31 bits per heavy atom. The van der Waals surface area contributed by atoms with E-state index >= 15 is 0 Å². The van der Waals surface area contributed by atoms with Crippen LogP contribution in [0.2, 0.25) is 0 Å². The molecule has 0 aromatic heterocycles. The molecule has 0 aromatic rings. The number of hydrogen-bond acceptors (Lipinski definition) is 1. The first-order valence-corrected chi connectivity index (χ1v) is 5.87. The van der Waals surface area contributed by atoms with Gasteiger partial charge in [0.1, 0.15) is 0 Å². The molecule has 0 bridgehead atoms. The summed E-state index contributed by atoms with van der Waals surface area (Å²) in [6, 6.07) is 0.989. The van der Waals surface area contributed by atoms with Crippen molar-refractivity contribution in [2.24, 2.45) is 0 Å². The van der Waals surface area contributed by atoms with Crippen molar-refractivity contribution in [2.75, 3.05) is 6.54 Å².